The van der Waals surface area contributed by atoms with E-state index in [0.717, 1.165) is 6.07 Å². The number of carboxylic acid groups (broad SMARTS) is 1. The van der Waals surface area contributed by atoms with Gasteiger partial charge in [0.25, 0.3) is 0 Å². The van der Waals surface area contributed by atoms with Crippen LogP contribution in [0, 0.1) is 0 Å². The van der Waals surface area contributed by atoms with Crippen molar-refractivity contribution in [2.45, 2.75) is 6.18 Å². The summed E-state index contributed by atoms with van der Waals surface area (Å²) >= 11 is 0. The zero-order valence-corrected chi connectivity index (χ0v) is 14.3. The summed E-state index contributed by atoms with van der Waals surface area (Å²) in [6.45, 7) is 0. The van der Waals surface area contributed by atoms with E-state index < -0.39 is 23.3 Å². The predicted octanol–water partition coefficient (Wildman–Crippen LogP) is 6.48. The second-order valence-electron chi connectivity index (χ2n) is 6.24. The molecule has 0 atom stereocenters. The van der Waals surface area contributed by atoms with Crippen LogP contribution in [0.1, 0.15) is 15.9 Å². The highest BCUT2D eigenvalue weighted by molar-refractivity contribution is 6.12. The van der Waals surface area contributed by atoms with Crippen molar-refractivity contribution >= 4 is 16.9 Å². The molecule has 140 valence electrons. The van der Waals surface area contributed by atoms with Crippen molar-refractivity contribution in [2.75, 3.05) is 0 Å². The van der Waals surface area contributed by atoms with Gasteiger partial charge in [0.05, 0.1) is 11.1 Å². The number of alkyl halides is 3. The van der Waals surface area contributed by atoms with Gasteiger partial charge in [0, 0.05) is 16.5 Å². The Hall–Kier alpha value is -3.54. The van der Waals surface area contributed by atoms with Gasteiger partial charge < -0.3 is 9.52 Å². The van der Waals surface area contributed by atoms with Gasteiger partial charge in [-0.05, 0) is 17.7 Å². The van der Waals surface area contributed by atoms with Gasteiger partial charge in [0.2, 0.25) is 0 Å². The third-order valence-electron chi connectivity index (χ3n) is 4.45. The minimum Gasteiger partial charge on any atom is -0.478 e. The summed E-state index contributed by atoms with van der Waals surface area (Å²) in [5.41, 5.74) is 0.114. The first-order valence-corrected chi connectivity index (χ1v) is 8.38. The summed E-state index contributed by atoms with van der Waals surface area (Å²) in [6.07, 6.45) is -4.69. The number of aromatic carboxylic acids is 1. The number of fused-ring (bicyclic) bond motifs is 1. The van der Waals surface area contributed by atoms with E-state index in [1.54, 1.807) is 60.7 Å². The molecule has 0 fully saturated rings. The lowest BCUT2D eigenvalue weighted by atomic mass is 9.95. The maximum absolute atomic E-state index is 13.3. The molecule has 0 aliphatic heterocycles. The Morgan fingerprint density at radius 1 is 0.857 bits per heavy atom. The topological polar surface area (TPSA) is 50.4 Å². The van der Waals surface area contributed by atoms with Crippen molar-refractivity contribution in [2.24, 2.45) is 0 Å². The minimum atomic E-state index is -4.69. The second kappa shape index (κ2) is 6.56. The lowest BCUT2D eigenvalue weighted by Crippen LogP contribution is -2.08. The summed E-state index contributed by atoms with van der Waals surface area (Å²) in [5.74, 6) is -1.13. The van der Waals surface area contributed by atoms with Crippen LogP contribution in [-0.4, -0.2) is 11.1 Å². The van der Waals surface area contributed by atoms with Crippen LogP contribution < -0.4 is 0 Å². The molecule has 0 bridgehead atoms. The second-order valence-corrected chi connectivity index (χ2v) is 6.24. The van der Waals surface area contributed by atoms with Crippen LogP contribution in [0.4, 0.5) is 13.2 Å². The van der Waals surface area contributed by atoms with Crippen LogP contribution in [0.25, 0.3) is 33.4 Å². The fourth-order valence-corrected chi connectivity index (χ4v) is 3.23. The first kappa shape index (κ1) is 17.9. The molecule has 6 heteroatoms. The normalized spacial score (nSPS) is 11.7. The van der Waals surface area contributed by atoms with Crippen molar-refractivity contribution in [3.05, 3.63) is 83.9 Å². The van der Waals surface area contributed by atoms with Crippen LogP contribution in [0.3, 0.4) is 0 Å². The molecule has 0 unspecified atom stereocenters. The Morgan fingerprint density at radius 2 is 1.43 bits per heavy atom. The Morgan fingerprint density at radius 3 is 1.96 bits per heavy atom. The third-order valence-corrected chi connectivity index (χ3v) is 4.45. The van der Waals surface area contributed by atoms with Gasteiger partial charge in [-0.1, -0.05) is 60.7 Å². The van der Waals surface area contributed by atoms with Gasteiger partial charge in [-0.25, -0.2) is 4.79 Å². The van der Waals surface area contributed by atoms with Gasteiger partial charge in [-0.2, -0.15) is 13.2 Å². The smallest absolute Gasteiger partial charge is 0.416 e. The first-order valence-electron chi connectivity index (χ1n) is 8.38. The number of hydrogen-bond donors (Lipinski definition) is 1. The molecule has 0 radical (unpaired) electrons. The molecule has 1 heterocycles. The average Bonchev–Trinajstić information content (AvgIpc) is 3.07. The highest BCUT2D eigenvalue weighted by Crippen LogP contribution is 2.44. The van der Waals surface area contributed by atoms with E-state index in [-0.39, 0.29) is 11.0 Å². The number of halogens is 3. The van der Waals surface area contributed by atoms with Gasteiger partial charge in [-0.15, -0.1) is 0 Å². The van der Waals surface area contributed by atoms with E-state index in [1.165, 1.54) is 0 Å². The van der Waals surface area contributed by atoms with Crippen LogP contribution in [0.15, 0.2) is 77.2 Å². The van der Waals surface area contributed by atoms with Gasteiger partial charge >= 0.3 is 12.1 Å². The fourth-order valence-electron chi connectivity index (χ4n) is 3.23. The number of benzene rings is 3. The molecule has 0 saturated heterocycles. The standard InChI is InChI=1S/C22H13F3O3/c23-22(24,25)15-11-16(21(26)27)19-17(12-15)28-20(14-9-5-2-6-10-14)18(19)13-7-3-1-4-8-13/h1-12H,(H,26,27). The molecule has 3 aromatic carbocycles. The first-order chi connectivity index (χ1) is 13.4. The van der Waals surface area contributed by atoms with Gasteiger partial charge in [0.15, 0.2) is 0 Å². The number of carboxylic acids is 1. The van der Waals surface area contributed by atoms with E-state index in [4.69, 9.17) is 4.42 Å². The lowest BCUT2D eigenvalue weighted by molar-refractivity contribution is -0.137. The van der Waals surface area contributed by atoms with Crippen LogP contribution >= 0.6 is 0 Å². The maximum atomic E-state index is 13.3. The van der Waals surface area contributed by atoms with Crippen molar-refractivity contribution in [3.8, 4) is 22.5 Å². The zero-order chi connectivity index (χ0) is 19.9. The van der Waals surface area contributed by atoms with E-state index in [1.807, 2.05) is 0 Å². The largest absolute Gasteiger partial charge is 0.478 e. The average molecular weight is 382 g/mol. The van der Waals surface area contributed by atoms with Crippen LogP contribution in [-0.2, 0) is 6.18 Å². The quantitative estimate of drug-likeness (QED) is 0.441. The van der Waals surface area contributed by atoms with Crippen molar-refractivity contribution in [1.29, 1.82) is 0 Å². The van der Waals surface area contributed by atoms with Crippen molar-refractivity contribution in [1.82, 2.24) is 0 Å². The molecule has 0 aliphatic rings. The molecule has 3 nitrogen and oxygen atoms in total. The summed E-state index contributed by atoms with van der Waals surface area (Å²) < 4.78 is 45.6. The van der Waals surface area contributed by atoms with E-state index in [0.29, 0.717) is 28.5 Å². The van der Waals surface area contributed by atoms with Crippen molar-refractivity contribution in [3.63, 3.8) is 0 Å². The summed E-state index contributed by atoms with van der Waals surface area (Å²) in [6, 6.07) is 19.2. The number of rotatable bonds is 3. The highest BCUT2D eigenvalue weighted by atomic mass is 19.4. The van der Waals surface area contributed by atoms with E-state index >= 15 is 0 Å². The summed E-state index contributed by atoms with van der Waals surface area (Å²) in [4.78, 5) is 11.8. The molecule has 0 spiro atoms. The molecular weight excluding hydrogens is 369 g/mol. The number of furan rings is 1. The highest BCUT2D eigenvalue weighted by Gasteiger charge is 2.34. The summed E-state index contributed by atoms with van der Waals surface area (Å²) in [7, 11) is 0. The van der Waals surface area contributed by atoms with E-state index in [9.17, 15) is 23.1 Å². The molecule has 1 N–H and O–H groups in total. The lowest BCUT2D eigenvalue weighted by Gasteiger charge is -2.09. The fraction of sp³-hybridized carbons (Fsp3) is 0.0455. The predicted molar refractivity (Wildman–Crippen MR) is 99.0 cm³/mol. The zero-order valence-electron chi connectivity index (χ0n) is 14.3. The molecule has 0 saturated carbocycles. The Bertz CT molecular complexity index is 1160. The molecule has 4 aromatic rings. The minimum absolute atomic E-state index is 0.120. The van der Waals surface area contributed by atoms with Gasteiger partial charge in [-0.3, -0.25) is 0 Å². The van der Waals surface area contributed by atoms with Gasteiger partial charge in [0.1, 0.15) is 11.3 Å². The number of hydrogen-bond acceptors (Lipinski definition) is 2. The molecule has 0 amide bonds. The monoisotopic (exact) mass is 382 g/mol. The number of carbonyl (C=O) groups is 1. The Labute approximate surface area is 157 Å². The maximum Gasteiger partial charge on any atom is 0.416 e. The van der Waals surface area contributed by atoms with E-state index in [2.05, 4.69) is 0 Å². The molecule has 0 aliphatic carbocycles. The Kier molecular flexibility index (Phi) is 4.19. The molecular formula is C22H13F3O3. The molecule has 4 rings (SSSR count). The Balaban J connectivity index is 2.15. The molecule has 28 heavy (non-hydrogen) atoms. The molecule has 1 aromatic heterocycles. The summed E-state index contributed by atoms with van der Waals surface area (Å²) in [5, 5.41) is 9.76. The van der Waals surface area contributed by atoms with Crippen LogP contribution in [0.2, 0.25) is 0 Å². The van der Waals surface area contributed by atoms with Crippen molar-refractivity contribution < 1.29 is 27.5 Å². The SMILES string of the molecule is O=C(O)c1cc(C(F)(F)F)cc2oc(-c3ccccc3)c(-c3ccccc3)c12. The van der Waals surface area contributed by atoms with Crippen LogP contribution in [0.5, 0.6) is 0 Å². The third kappa shape index (κ3) is 3.03.